The summed E-state index contributed by atoms with van der Waals surface area (Å²) in [5, 5.41) is 12.4. The Balaban J connectivity index is 1.38. The number of rotatable bonds is 6. The number of carbonyl (C=O) groups is 2. The van der Waals surface area contributed by atoms with Gasteiger partial charge in [0.25, 0.3) is 5.91 Å². The monoisotopic (exact) mass is 423 g/mol. The summed E-state index contributed by atoms with van der Waals surface area (Å²) < 4.78 is 5.43. The number of aromatic nitrogens is 2. The van der Waals surface area contributed by atoms with Crippen LogP contribution in [-0.4, -0.2) is 77.7 Å². The Bertz CT molecular complexity index is 1070. The van der Waals surface area contributed by atoms with Gasteiger partial charge >= 0.3 is 0 Å². The largest absolute Gasteiger partial charge is 0.495 e. The van der Waals surface area contributed by atoms with Crippen molar-refractivity contribution in [1.82, 2.24) is 20.2 Å². The Morgan fingerprint density at radius 2 is 1.97 bits per heavy atom. The molecule has 1 fully saturated rings. The molecule has 9 heteroatoms. The van der Waals surface area contributed by atoms with Crippen LogP contribution in [0.2, 0.25) is 0 Å². The summed E-state index contributed by atoms with van der Waals surface area (Å²) in [6.07, 6.45) is 1.55. The lowest BCUT2D eigenvalue weighted by Gasteiger charge is -2.37. The van der Waals surface area contributed by atoms with Crippen molar-refractivity contribution in [3.63, 3.8) is 0 Å². The molecule has 4 rings (SSSR count). The summed E-state index contributed by atoms with van der Waals surface area (Å²) in [5.74, 6) is 0.0757. The van der Waals surface area contributed by atoms with E-state index in [4.69, 9.17) is 4.74 Å². The first-order valence-corrected chi connectivity index (χ1v) is 10.1. The van der Waals surface area contributed by atoms with Crippen molar-refractivity contribution in [3.8, 4) is 5.75 Å². The maximum absolute atomic E-state index is 12.9. The Labute approximate surface area is 179 Å². The van der Waals surface area contributed by atoms with Crippen molar-refractivity contribution in [3.05, 3.63) is 54.4 Å². The lowest BCUT2D eigenvalue weighted by molar-refractivity contribution is -0.134. The first-order chi connectivity index (χ1) is 15.1. The van der Waals surface area contributed by atoms with Gasteiger partial charge in [-0.2, -0.15) is 0 Å². The third-order valence-corrected chi connectivity index (χ3v) is 5.49. The number of piperazine rings is 1. The molecule has 1 aliphatic heterocycles. The second-order valence-corrected chi connectivity index (χ2v) is 7.33. The number of para-hydroxylation sites is 2. The van der Waals surface area contributed by atoms with Gasteiger partial charge in [-0.25, -0.2) is 4.98 Å². The standard InChI is InChI=1S/C22H25N5O4/c1-31-20-5-3-2-4-19(20)26-8-10-27(11-9-26)22(30)18(13-28)25-21(29)15-6-7-16-17(12-15)24-14-23-16/h2-7,12,14,18,28H,8-11,13H2,1H3,(H,23,24)(H,25,29). The highest BCUT2D eigenvalue weighted by Crippen LogP contribution is 2.28. The number of ether oxygens (including phenoxy) is 1. The SMILES string of the molecule is COc1ccccc1N1CCN(C(=O)C(CO)NC(=O)c2ccc3nc[nH]c3c2)CC1. The molecule has 0 spiro atoms. The summed E-state index contributed by atoms with van der Waals surface area (Å²) in [7, 11) is 1.64. The van der Waals surface area contributed by atoms with E-state index in [0.717, 1.165) is 22.5 Å². The number of nitrogens with zero attached hydrogens (tertiary/aromatic N) is 3. The molecule has 31 heavy (non-hydrogen) atoms. The molecule has 1 atom stereocenters. The number of amides is 2. The molecular weight excluding hydrogens is 398 g/mol. The zero-order chi connectivity index (χ0) is 21.8. The number of aliphatic hydroxyl groups is 1. The number of aromatic amines is 1. The molecular formula is C22H25N5O4. The number of carbonyl (C=O) groups excluding carboxylic acids is 2. The van der Waals surface area contributed by atoms with Crippen molar-refractivity contribution in [1.29, 1.82) is 0 Å². The number of hydrogen-bond donors (Lipinski definition) is 3. The van der Waals surface area contributed by atoms with Gasteiger partial charge in [0, 0.05) is 31.7 Å². The molecule has 162 valence electrons. The van der Waals surface area contributed by atoms with Crippen molar-refractivity contribution in [2.24, 2.45) is 0 Å². The van der Waals surface area contributed by atoms with Crippen LogP contribution in [0.15, 0.2) is 48.8 Å². The smallest absolute Gasteiger partial charge is 0.252 e. The van der Waals surface area contributed by atoms with Gasteiger partial charge in [0.1, 0.15) is 11.8 Å². The highest BCUT2D eigenvalue weighted by Gasteiger charge is 2.29. The lowest BCUT2D eigenvalue weighted by atomic mass is 10.1. The number of nitrogens with one attached hydrogen (secondary N) is 2. The maximum atomic E-state index is 12.9. The summed E-state index contributed by atoms with van der Waals surface area (Å²) >= 11 is 0. The van der Waals surface area contributed by atoms with Gasteiger partial charge < -0.3 is 29.9 Å². The van der Waals surface area contributed by atoms with Gasteiger partial charge in [0.15, 0.2) is 0 Å². The molecule has 3 N–H and O–H groups in total. The van der Waals surface area contributed by atoms with Gasteiger partial charge in [-0.05, 0) is 30.3 Å². The molecule has 3 aromatic rings. The van der Waals surface area contributed by atoms with E-state index in [0.29, 0.717) is 31.7 Å². The number of imidazole rings is 1. The quantitative estimate of drug-likeness (QED) is 0.546. The van der Waals surface area contributed by atoms with Gasteiger partial charge in [-0.1, -0.05) is 12.1 Å². The lowest BCUT2D eigenvalue weighted by Crippen LogP contribution is -2.56. The molecule has 0 bridgehead atoms. The summed E-state index contributed by atoms with van der Waals surface area (Å²) in [4.78, 5) is 36.5. The molecule has 1 saturated heterocycles. The third kappa shape index (κ3) is 4.31. The van der Waals surface area contributed by atoms with E-state index in [1.165, 1.54) is 0 Å². The minimum Gasteiger partial charge on any atom is -0.495 e. The van der Waals surface area contributed by atoms with Crippen molar-refractivity contribution >= 4 is 28.5 Å². The van der Waals surface area contributed by atoms with Crippen molar-refractivity contribution in [2.75, 3.05) is 44.8 Å². The number of benzene rings is 2. The maximum Gasteiger partial charge on any atom is 0.252 e. The van der Waals surface area contributed by atoms with Gasteiger partial charge in [-0.15, -0.1) is 0 Å². The van der Waals surface area contributed by atoms with Crippen LogP contribution in [0.4, 0.5) is 5.69 Å². The van der Waals surface area contributed by atoms with E-state index in [9.17, 15) is 14.7 Å². The van der Waals surface area contributed by atoms with E-state index in [1.54, 1.807) is 36.5 Å². The van der Waals surface area contributed by atoms with E-state index in [-0.39, 0.29) is 5.91 Å². The Hall–Kier alpha value is -3.59. The molecule has 1 aliphatic rings. The topological polar surface area (TPSA) is 111 Å². The Kier molecular flexibility index (Phi) is 6.03. The summed E-state index contributed by atoms with van der Waals surface area (Å²) in [6, 6.07) is 11.8. The molecule has 2 aromatic carbocycles. The van der Waals surface area contributed by atoms with Gasteiger partial charge in [-0.3, -0.25) is 9.59 Å². The van der Waals surface area contributed by atoms with Crippen LogP contribution in [-0.2, 0) is 4.79 Å². The molecule has 2 amide bonds. The first-order valence-electron chi connectivity index (χ1n) is 10.1. The highest BCUT2D eigenvalue weighted by molar-refractivity contribution is 5.99. The predicted molar refractivity (Wildman–Crippen MR) is 116 cm³/mol. The van der Waals surface area contributed by atoms with Crippen molar-refractivity contribution < 1.29 is 19.4 Å². The molecule has 0 saturated carbocycles. The molecule has 0 aliphatic carbocycles. The first kappa shape index (κ1) is 20.7. The minimum absolute atomic E-state index is 0.293. The summed E-state index contributed by atoms with van der Waals surface area (Å²) in [6.45, 7) is 1.78. The van der Waals surface area contributed by atoms with E-state index < -0.39 is 18.6 Å². The number of anilines is 1. The fraction of sp³-hybridized carbons (Fsp3) is 0.318. The second kappa shape index (κ2) is 9.05. The molecule has 1 unspecified atom stereocenters. The molecule has 1 aromatic heterocycles. The summed E-state index contributed by atoms with van der Waals surface area (Å²) in [5.41, 5.74) is 2.86. The minimum atomic E-state index is -0.997. The van der Waals surface area contributed by atoms with E-state index in [2.05, 4.69) is 20.2 Å². The third-order valence-electron chi connectivity index (χ3n) is 5.49. The molecule has 9 nitrogen and oxygen atoms in total. The van der Waals surface area contributed by atoms with Crippen molar-refractivity contribution in [2.45, 2.75) is 6.04 Å². The number of hydrogen-bond acceptors (Lipinski definition) is 6. The average Bonchev–Trinajstić information content (AvgIpc) is 3.30. The van der Waals surface area contributed by atoms with Crippen LogP contribution in [0.5, 0.6) is 5.75 Å². The van der Waals surface area contributed by atoms with Crippen LogP contribution in [0.25, 0.3) is 11.0 Å². The highest BCUT2D eigenvalue weighted by atomic mass is 16.5. The number of aliphatic hydroxyl groups excluding tert-OH is 1. The zero-order valence-electron chi connectivity index (χ0n) is 17.2. The predicted octanol–water partition coefficient (Wildman–Crippen LogP) is 1.01. The van der Waals surface area contributed by atoms with E-state index >= 15 is 0 Å². The number of fused-ring (bicyclic) bond motifs is 1. The van der Waals surface area contributed by atoms with Gasteiger partial charge in [0.05, 0.1) is 36.8 Å². The number of H-pyrrole nitrogens is 1. The molecule has 0 radical (unpaired) electrons. The van der Waals surface area contributed by atoms with Gasteiger partial charge in [0.2, 0.25) is 5.91 Å². The Morgan fingerprint density at radius 3 is 2.71 bits per heavy atom. The van der Waals surface area contributed by atoms with E-state index in [1.807, 2.05) is 24.3 Å². The second-order valence-electron chi connectivity index (χ2n) is 7.33. The average molecular weight is 423 g/mol. The van der Waals surface area contributed by atoms with Crippen LogP contribution in [0.3, 0.4) is 0 Å². The fourth-order valence-electron chi connectivity index (χ4n) is 3.78. The number of methoxy groups -OCH3 is 1. The molecule has 2 heterocycles. The van der Waals surface area contributed by atoms with Crippen LogP contribution >= 0.6 is 0 Å². The van der Waals surface area contributed by atoms with Crippen LogP contribution in [0, 0.1) is 0 Å². The normalized spacial score (nSPS) is 15.0. The van der Waals surface area contributed by atoms with Crippen LogP contribution < -0.4 is 15.0 Å². The Morgan fingerprint density at radius 1 is 1.19 bits per heavy atom. The zero-order valence-corrected chi connectivity index (χ0v) is 17.2. The fourth-order valence-corrected chi connectivity index (χ4v) is 3.78. The van der Waals surface area contributed by atoms with Crippen LogP contribution in [0.1, 0.15) is 10.4 Å².